The predicted octanol–water partition coefficient (Wildman–Crippen LogP) is 4.50. The molecule has 0 radical (unpaired) electrons. The van der Waals surface area contributed by atoms with Gasteiger partial charge in [-0.1, -0.05) is 24.3 Å². The van der Waals surface area contributed by atoms with Gasteiger partial charge in [-0.2, -0.15) is 13.2 Å². The van der Waals surface area contributed by atoms with Crippen molar-refractivity contribution in [3.63, 3.8) is 0 Å². The molecule has 0 atom stereocenters. The lowest BCUT2D eigenvalue weighted by atomic mass is 10.1. The van der Waals surface area contributed by atoms with Crippen LogP contribution in [0.4, 0.5) is 13.2 Å². The molecule has 1 heterocycles. The molecule has 5 nitrogen and oxygen atoms in total. The molecule has 9 heteroatoms. The van der Waals surface area contributed by atoms with Crippen molar-refractivity contribution in [2.45, 2.75) is 26.1 Å². The Hall–Kier alpha value is -2.30. The van der Waals surface area contributed by atoms with Gasteiger partial charge in [0.25, 0.3) is 0 Å². The maximum Gasteiger partial charge on any atom is 0.416 e. The van der Waals surface area contributed by atoms with E-state index in [0.717, 1.165) is 29.0 Å². The minimum Gasteiger partial charge on any atom is -0.357 e. The van der Waals surface area contributed by atoms with Crippen molar-refractivity contribution in [2.75, 3.05) is 13.1 Å². The van der Waals surface area contributed by atoms with E-state index in [1.165, 1.54) is 6.07 Å². The predicted molar refractivity (Wildman–Crippen MR) is 119 cm³/mol. The number of aromatic amines is 1. The molecule has 156 valence electrons. The molecule has 0 bridgehead atoms. The number of H-pyrrole nitrogens is 1. The highest BCUT2D eigenvalue weighted by molar-refractivity contribution is 14.0. The zero-order chi connectivity index (χ0) is 20.0. The van der Waals surface area contributed by atoms with E-state index in [-0.39, 0.29) is 30.5 Å². The molecule has 1 aromatic heterocycles. The van der Waals surface area contributed by atoms with Crippen LogP contribution >= 0.6 is 24.0 Å². The van der Waals surface area contributed by atoms with Crippen molar-refractivity contribution in [2.24, 2.45) is 4.99 Å². The SMILES string of the molecule is CCNC(=NCc1cccc(C(F)(F)F)c1)NCCc1nc2ccccc2[nH]1.I. The summed E-state index contributed by atoms with van der Waals surface area (Å²) >= 11 is 0. The number of para-hydroxylation sites is 2. The van der Waals surface area contributed by atoms with Gasteiger partial charge < -0.3 is 15.6 Å². The lowest BCUT2D eigenvalue weighted by Crippen LogP contribution is -2.38. The molecular formula is C20H23F3IN5. The van der Waals surface area contributed by atoms with Crippen molar-refractivity contribution in [1.82, 2.24) is 20.6 Å². The van der Waals surface area contributed by atoms with Gasteiger partial charge in [0.2, 0.25) is 0 Å². The summed E-state index contributed by atoms with van der Waals surface area (Å²) in [7, 11) is 0. The molecular weight excluding hydrogens is 494 g/mol. The topological polar surface area (TPSA) is 65.1 Å². The normalized spacial score (nSPS) is 11.9. The largest absolute Gasteiger partial charge is 0.416 e. The smallest absolute Gasteiger partial charge is 0.357 e. The van der Waals surface area contributed by atoms with Gasteiger partial charge in [-0.3, -0.25) is 0 Å². The first-order chi connectivity index (χ1) is 13.5. The second-order valence-corrected chi connectivity index (χ2v) is 6.27. The lowest BCUT2D eigenvalue weighted by molar-refractivity contribution is -0.137. The molecule has 3 aromatic rings. The highest BCUT2D eigenvalue weighted by Crippen LogP contribution is 2.29. The fourth-order valence-electron chi connectivity index (χ4n) is 2.78. The van der Waals surface area contributed by atoms with Crippen LogP contribution < -0.4 is 10.6 Å². The molecule has 0 aliphatic rings. The Labute approximate surface area is 184 Å². The van der Waals surface area contributed by atoms with Crippen LogP contribution in [0.2, 0.25) is 0 Å². The van der Waals surface area contributed by atoms with E-state index in [2.05, 4.69) is 25.6 Å². The number of aromatic nitrogens is 2. The Bertz CT molecular complexity index is 919. The third-order valence-corrected chi connectivity index (χ3v) is 4.11. The molecule has 0 unspecified atom stereocenters. The second-order valence-electron chi connectivity index (χ2n) is 6.27. The van der Waals surface area contributed by atoms with Crippen LogP contribution in [0, 0.1) is 0 Å². The summed E-state index contributed by atoms with van der Waals surface area (Å²) in [6.45, 7) is 3.33. The number of hydrogen-bond acceptors (Lipinski definition) is 2. The van der Waals surface area contributed by atoms with Crippen LogP contribution in [0.25, 0.3) is 11.0 Å². The summed E-state index contributed by atoms with van der Waals surface area (Å²) in [6, 6.07) is 13.0. The number of nitrogens with zero attached hydrogens (tertiary/aromatic N) is 2. The van der Waals surface area contributed by atoms with Crippen LogP contribution in [0.15, 0.2) is 53.5 Å². The Morgan fingerprint density at radius 3 is 2.62 bits per heavy atom. The fourth-order valence-corrected chi connectivity index (χ4v) is 2.78. The van der Waals surface area contributed by atoms with Crippen molar-refractivity contribution in [3.05, 3.63) is 65.5 Å². The highest BCUT2D eigenvalue weighted by Gasteiger charge is 2.30. The summed E-state index contributed by atoms with van der Waals surface area (Å²) in [5, 5.41) is 6.28. The third kappa shape index (κ3) is 6.62. The van der Waals surface area contributed by atoms with Gasteiger partial charge in [0, 0.05) is 19.5 Å². The van der Waals surface area contributed by atoms with Gasteiger partial charge >= 0.3 is 6.18 Å². The van der Waals surface area contributed by atoms with Gasteiger partial charge in [0.1, 0.15) is 5.82 Å². The number of imidazole rings is 1. The zero-order valence-electron chi connectivity index (χ0n) is 15.9. The highest BCUT2D eigenvalue weighted by atomic mass is 127. The molecule has 0 spiro atoms. The lowest BCUT2D eigenvalue weighted by Gasteiger charge is -2.11. The van der Waals surface area contributed by atoms with Gasteiger partial charge in [-0.15, -0.1) is 24.0 Å². The number of rotatable bonds is 6. The molecule has 3 rings (SSSR count). The summed E-state index contributed by atoms with van der Waals surface area (Å²) in [4.78, 5) is 12.2. The molecule has 0 amide bonds. The quantitative estimate of drug-likeness (QED) is 0.257. The Morgan fingerprint density at radius 2 is 1.90 bits per heavy atom. The van der Waals surface area contributed by atoms with Crippen LogP contribution in [-0.4, -0.2) is 29.0 Å². The molecule has 3 N–H and O–H groups in total. The van der Waals surface area contributed by atoms with E-state index in [0.29, 0.717) is 31.0 Å². The van der Waals surface area contributed by atoms with Crippen molar-refractivity contribution >= 4 is 41.0 Å². The minimum absolute atomic E-state index is 0. The van der Waals surface area contributed by atoms with Gasteiger partial charge in [0.05, 0.1) is 23.1 Å². The number of benzene rings is 2. The maximum atomic E-state index is 12.8. The number of fused-ring (bicyclic) bond motifs is 1. The first-order valence-corrected chi connectivity index (χ1v) is 9.07. The van der Waals surface area contributed by atoms with E-state index in [1.54, 1.807) is 6.07 Å². The third-order valence-electron chi connectivity index (χ3n) is 4.11. The van der Waals surface area contributed by atoms with E-state index in [9.17, 15) is 13.2 Å². The number of guanidine groups is 1. The molecule has 0 saturated heterocycles. The standard InChI is InChI=1S/C20H22F3N5.HI/c1-2-24-19(26-13-14-6-5-7-15(12-14)20(21,22)23)25-11-10-18-27-16-8-3-4-9-17(16)28-18;/h3-9,12H,2,10-11,13H2,1H3,(H,27,28)(H2,24,25,26);1H. The average Bonchev–Trinajstić information content (AvgIpc) is 3.08. The van der Waals surface area contributed by atoms with E-state index in [4.69, 9.17) is 0 Å². The molecule has 2 aromatic carbocycles. The van der Waals surface area contributed by atoms with Crippen LogP contribution in [0.1, 0.15) is 23.9 Å². The molecule has 0 aliphatic heterocycles. The molecule has 29 heavy (non-hydrogen) atoms. The summed E-state index contributed by atoms with van der Waals surface area (Å²) < 4.78 is 38.5. The summed E-state index contributed by atoms with van der Waals surface area (Å²) in [5.74, 6) is 1.42. The first-order valence-electron chi connectivity index (χ1n) is 9.07. The fraction of sp³-hybridized carbons (Fsp3) is 0.300. The average molecular weight is 517 g/mol. The first kappa shape index (κ1) is 23.0. The van der Waals surface area contributed by atoms with E-state index in [1.807, 2.05) is 31.2 Å². The van der Waals surface area contributed by atoms with Crippen LogP contribution in [0.3, 0.4) is 0 Å². The Morgan fingerprint density at radius 1 is 1.10 bits per heavy atom. The monoisotopic (exact) mass is 517 g/mol. The van der Waals surface area contributed by atoms with Gasteiger partial charge in [-0.25, -0.2) is 9.98 Å². The number of aliphatic imine (C=N–C) groups is 1. The maximum absolute atomic E-state index is 12.8. The zero-order valence-corrected chi connectivity index (χ0v) is 18.2. The molecule has 0 fully saturated rings. The Balaban J connectivity index is 0.00000300. The van der Waals surface area contributed by atoms with Crippen molar-refractivity contribution < 1.29 is 13.2 Å². The summed E-state index contributed by atoms with van der Waals surface area (Å²) in [6.07, 6.45) is -3.68. The summed E-state index contributed by atoms with van der Waals surface area (Å²) in [5.41, 5.74) is 1.75. The number of alkyl halides is 3. The number of hydrogen-bond donors (Lipinski definition) is 3. The molecule has 0 saturated carbocycles. The van der Waals surface area contributed by atoms with E-state index >= 15 is 0 Å². The van der Waals surface area contributed by atoms with Crippen LogP contribution in [-0.2, 0) is 19.1 Å². The van der Waals surface area contributed by atoms with Crippen molar-refractivity contribution in [3.8, 4) is 0 Å². The van der Waals surface area contributed by atoms with Crippen LogP contribution in [0.5, 0.6) is 0 Å². The van der Waals surface area contributed by atoms with Gasteiger partial charge in [0.15, 0.2) is 5.96 Å². The minimum atomic E-state index is -4.35. The molecule has 0 aliphatic carbocycles. The van der Waals surface area contributed by atoms with E-state index < -0.39 is 11.7 Å². The van der Waals surface area contributed by atoms with Crippen molar-refractivity contribution in [1.29, 1.82) is 0 Å². The Kier molecular flexibility index (Phi) is 8.30. The number of halogens is 4. The second kappa shape index (κ2) is 10.5. The van der Waals surface area contributed by atoms with Gasteiger partial charge in [-0.05, 0) is 36.8 Å². The number of nitrogens with one attached hydrogen (secondary N) is 3.